The van der Waals surface area contributed by atoms with Crippen LogP contribution >= 0.6 is 0 Å². The molecule has 4 heterocycles. The molecule has 0 bridgehead atoms. The molecule has 2 aromatic carbocycles. The molecule has 6 rings (SSSR count). The lowest BCUT2D eigenvalue weighted by Crippen LogP contribution is -2.62. The third kappa shape index (κ3) is 2.80. The average Bonchev–Trinajstić information content (AvgIpc) is 3.37. The van der Waals surface area contributed by atoms with Gasteiger partial charge in [-0.1, -0.05) is 24.3 Å². The van der Waals surface area contributed by atoms with Crippen LogP contribution in [-0.4, -0.2) is 66.7 Å². The van der Waals surface area contributed by atoms with E-state index in [9.17, 15) is 18.0 Å². The number of nitrogens with zero attached hydrogens (tertiary/aromatic N) is 3. The van der Waals surface area contributed by atoms with Crippen molar-refractivity contribution in [1.82, 2.24) is 13.8 Å². The third-order valence-electron chi connectivity index (χ3n) is 6.61. The molecule has 1 aromatic heterocycles. The number of ether oxygens (including phenoxy) is 2. The number of amides is 2. The number of aromatic nitrogens is 1. The molecule has 2 amide bonds. The van der Waals surface area contributed by atoms with E-state index in [1.165, 1.54) is 8.87 Å². The van der Waals surface area contributed by atoms with Crippen LogP contribution in [-0.2, 0) is 26.0 Å². The van der Waals surface area contributed by atoms with E-state index < -0.39 is 22.1 Å². The van der Waals surface area contributed by atoms with Crippen molar-refractivity contribution in [1.29, 1.82) is 0 Å². The Balaban J connectivity index is 1.70. The predicted octanol–water partition coefficient (Wildman–Crippen LogP) is 1.49. The molecule has 0 radical (unpaired) electrons. The van der Waals surface area contributed by atoms with Gasteiger partial charge in [0.2, 0.25) is 28.6 Å². The summed E-state index contributed by atoms with van der Waals surface area (Å²) in [7, 11) is -2.12. The molecule has 3 aliphatic heterocycles. The Morgan fingerprint density at radius 3 is 2.58 bits per heavy atom. The lowest BCUT2D eigenvalue weighted by Gasteiger charge is -2.46. The summed E-state index contributed by atoms with van der Waals surface area (Å²) in [6, 6.07) is 11.0. The van der Waals surface area contributed by atoms with Gasteiger partial charge in [-0.15, -0.1) is 0 Å². The van der Waals surface area contributed by atoms with Gasteiger partial charge in [-0.25, -0.2) is 12.4 Å². The molecule has 0 aliphatic carbocycles. The summed E-state index contributed by atoms with van der Waals surface area (Å²) in [4.78, 5) is 29.5. The van der Waals surface area contributed by atoms with Gasteiger partial charge in [-0.2, -0.15) is 0 Å². The highest BCUT2D eigenvalue weighted by Gasteiger charge is 2.49. The first-order chi connectivity index (χ1) is 15.8. The SMILES string of the molecule is CN1CC(=O)N2[C@H](c3ccc4c(c3)OCO4)c3c(c4ccccc4n3S(C)(=O)=O)C[C@@H]2C1=O. The fourth-order valence-electron chi connectivity index (χ4n) is 5.29. The quantitative estimate of drug-likeness (QED) is 0.567. The van der Waals surface area contributed by atoms with E-state index in [0.717, 1.165) is 17.2 Å². The number of carbonyl (C=O) groups is 2. The van der Waals surface area contributed by atoms with Crippen LogP contribution < -0.4 is 9.47 Å². The van der Waals surface area contributed by atoms with Crippen LogP contribution in [0.4, 0.5) is 0 Å². The Morgan fingerprint density at radius 2 is 1.79 bits per heavy atom. The van der Waals surface area contributed by atoms with E-state index in [4.69, 9.17) is 9.47 Å². The molecular formula is C23H21N3O6S. The van der Waals surface area contributed by atoms with Crippen LogP contribution in [0.5, 0.6) is 11.5 Å². The summed E-state index contributed by atoms with van der Waals surface area (Å²) in [5, 5.41) is 0.761. The van der Waals surface area contributed by atoms with Gasteiger partial charge in [0.1, 0.15) is 6.04 Å². The standard InChI is InChI=1S/C23H21N3O6S/c1-24-11-20(27)25-17(23(24)28)10-15-14-5-3-4-6-16(14)26(33(2,29)30)22(15)21(25)13-7-8-18-19(9-13)32-12-31-18/h3-9,17,21H,10-12H2,1-2H3/t17-,21-/m1/s1. The molecule has 3 aliphatic rings. The first-order valence-corrected chi connectivity index (χ1v) is 12.4. The molecule has 10 heteroatoms. The van der Waals surface area contributed by atoms with Gasteiger partial charge in [-0.3, -0.25) is 9.59 Å². The van der Waals surface area contributed by atoms with Crippen molar-refractivity contribution in [3.8, 4) is 11.5 Å². The summed E-state index contributed by atoms with van der Waals surface area (Å²) in [5.41, 5.74) is 2.43. The second-order valence-electron chi connectivity index (χ2n) is 8.64. The van der Waals surface area contributed by atoms with Crippen LogP contribution in [0, 0.1) is 0 Å². The zero-order chi connectivity index (χ0) is 23.1. The normalized spacial score (nSPS) is 22.0. The maximum Gasteiger partial charge on any atom is 0.245 e. The number of likely N-dealkylation sites (N-methyl/N-ethyl adjacent to an activating group) is 1. The first-order valence-electron chi connectivity index (χ1n) is 10.5. The van der Waals surface area contributed by atoms with Gasteiger partial charge in [0.05, 0.1) is 30.1 Å². The van der Waals surface area contributed by atoms with Gasteiger partial charge in [0, 0.05) is 18.9 Å². The van der Waals surface area contributed by atoms with E-state index in [0.29, 0.717) is 28.3 Å². The van der Waals surface area contributed by atoms with Crippen molar-refractivity contribution >= 4 is 32.7 Å². The number of hydrogen-bond donors (Lipinski definition) is 0. The Hall–Kier alpha value is -3.53. The van der Waals surface area contributed by atoms with Gasteiger partial charge in [0.15, 0.2) is 11.5 Å². The summed E-state index contributed by atoms with van der Waals surface area (Å²) in [6.45, 7) is 0.0255. The van der Waals surface area contributed by atoms with Crippen molar-refractivity contribution in [3.63, 3.8) is 0 Å². The second-order valence-corrected chi connectivity index (χ2v) is 10.5. The first kappa shape index (κ1) is 20.1. The van der Waals surface area contributed by atoms with Crippen LogP contribution in [0.3, 0.4) is 0 Å². The maximum atomic E-state index is 13.3. The smallest absolute Gasteiger partial charge is 0.245 e. The van der Waals surface area contributed by atoms with E-state index in [1.54, 1.807) is 42.3 Å². The van der Waals surface area contributed by atoms with Crippen molar-refractivity contribution in [3.05, 3.63) is 59.3 Å². The number of piperazine rings is 1. The molecule has 0 N–H and O–H groups in total. The van der Waals surface area contributed by atoms with E-state index in [1.807, 2.05) is 12.1 Å². The molecule has 0 saturated carbocycles. The summed E-state index contributed by atoms with van der Waals surface area (Å²) < 4.78 is 38.4. The third-order valence-corrected chi connectivity index (χ3v) is 7.67. The summed E-state index contributed by atoms with van der Waals surface area (Å²) in [5.74, 6) is 0.699. The lowest BCUT2D eigenvalue weighted by atomic mass is 9.86. The van der Waals surface area contributed by atoms with E-state index in [2.05, 4.69) is 0 Å². The molecule has 1 saturated heterocycles. The lowest BCUT2D eigenvalue weighted by molar-refractivity contribution is -0.157. The molecule has 0 unspecified atom stereocenters. The van der Waals surface area contributed by atoms with Crippen LogP contribution in [0.25, 0.3) is 10.9 Å². The number of carbonyl (C=O) groups excluding carboxylic acids is 2. The van der Waals surface area contributed by atoms with Crippen LogP contribution in [0.15, 0.2) is 42.5 Å². The highest BCUT2D eigenvalue weighted by atomic mass is 32.2. The molecule has 33 heavy (non-hydrogen) atoms. The minimum absolute atomic E-state index is 0.0647. The fourth-order valence-corrected chi connectivity index (χ4v) is 6.37. The molecular weight excluding hydrogens is 446 g/mol. The fraction of sp³-hybridized carbons (Fsp3) is 0.304. The Morgan fingerprint density at radius 1 is 1.03 bits per heavy atom. The molecule has 0 spiro atoms. The predicted molar refractivity (Wildman–Crippen MR) is 119 cm³/mol. The molecule has 9 nitrogen and oxygen atoms in total. The second kappa shape index (κ2) is 6.74. The van der Waals surface area contributed by atoms with Crippen molar-refractivity contribution in [2.45, 2.75) is 18.5 Å². The topological polar surface area (TPSA) is 98.2 Å². The highest BCUT2D eigenvalue weighted by Crippen LogP contribution is 2.46. The number of benzene rings is 2. The minimum Gasteiger partial charge on any atom is -0.454 e. The summed E-state index contributed by atoms with van der Waals surface area (Å²) >= 11 is 0. The Labute approximate surface area is 190 Å². The number of fused-ring (bicyclic) bond motifs is 5. The Bertz CT molecular complexity index is 1460. The molecule has 170 valence electrons. The Kier molecular flexibility index (Phi) is 4.10. The zero-order valence-electron chi connectivity index (χ0n) is 18.0. The maximum absolute atomic E-state index is 13.3. The van der Waals surface area contributed by atoms with Gasteiger partial charge >= 0.3 is 0 Å². The molecule has 3 aromatic rings. The zero-order valence-corrected chi connectivity index (χ0v) is 18.8. The summed E-state index contributed by atoms with van der Waals surface area (Å²) in [6.07, 6.45) is 1.40. The van der Waals surface area contributed by atoms with E-state index >= 15 is 0 Å². The van der Waals surface area contributed by atoms with Crippen molar-refractivity contribution < 1.29 is 27.5 Å². The molecule has 2 atom stereocenters. The monoisotopic (exact) mass is 467 g/mol. The average molecular weight is 468 g/mol. The van der Waals surface area contributed by atoms with Gasteiger partial charge in [-0.05, 0) is 29.3 Å². The van der Waals surface area contributed by atoms with Crippen molar-refractivity contribution in [2.75, 3.05) is 26.6 Å². The molecule has 1 fully saturated rings. The minimum atomic E-state index is -3.73. The van der Waals surface area contributed by atoms with Crippen LogP contribution in [0.1, 0.15) is 22.9 Å². The number of para-hydroxylation sites is 1. The number of rotatable bonds is 2. The highest BCUT2D eigenvalue weighted by molar-refractivity contribution is 7.89. The van der Waals surface area contributed by atoms with Gasteiger partial charge < -0.3 is 19.3 Å². The largest absolute Gasteiger partial charge is 0.454 e. The number of hydrogen-bond acceptors (Lipinski definition) is 6. The van der Waals surface area contributed by atoms with Gasteiger partial charge in [0.25, 0.3) is 0 Å². The van der Waals surface area contributed by atoms with Crippen LogP contribution in [0.2, 0.25) is 0 Å². The van der Waals surface area contributed by atoms with E-state index in [-0.39, 0.29) is 31.6 Å². The van der Waals surface area contributed by atoms with Crippen molar-refractivity contribution in [2.24, 2.45) is 0 Å².